The standard InChI is InChI=1S/C15H19NO2/c1-16-12(11-6-3-2-4-7-11)10-14(17)15(18)9-5-8-13(15)16/h2-4,6-7,12-13,18H,5,8-10H2,1H3. The summed E-state index contributed by atoms with van der Waals surface area (Å²) in [5, 5.41) is 10.5. The number of hydrogen-bond acceptors (Lipinski definition) is 3. The van der Waals surface area contributed by atoms with Crippen LogP contribution in [0.4, 0.5) is 0 Å². The zero-order chi connectivity index (χ0) is 12.8. The van der Waals surface area contributed by atoms with Crippen LogP contribution in [0.25, 0.3) is 0 Å². The van der Waals surface area contributed by atoms with Crippen molar-refractivity contribution in [1.29, 1.82) is 0 Å². The molecular weight excluding hydrogens is 226 g/mol. The van der Waals surface area contributed by atoms with Crippen LogP contribution in [0.1, 0.15) is 37.3 Å². The van der Waals surface area contributed by atoms with E-state index in [4.69, 9.17) is 0 Å². The molecule has 2 aliphatic rings. The normalized spacial score (nSPS) is 36.7. The molecule has 1 aliphatic heterocycles. The van der Waals surface area contributed by atoms with E-state index in [1.54, 1.807) is 0 Å². The van der Waals surface area contributed by atoms with Crippen LogP contribution in [0.5, 0.6) is 0 Å². The lowest BCUT2D eigenvalue weighted by atomic mass is 9.80. The van der Waals surface area contributed by atoms with Crippen LogP contribution in [0.3, 0.4) is 0 Å². The Bertz CT molecular complexity index is 459. The predicted octanol–water partition coefficient (Wildman–Crippen LogP) is 1.92. The number of nitrogens with zero attached hydrogens (tertiary/aromatic N) is 1. The Morgan fingerprint density at radius 3 is 2.78 bits per heavy atom. The van der Waals surface area contributed by atoms with E-state index >= 15 is 0 Å². The van der Waals surface area contributed by atoms with Gasteiger partial charge in [0.05, 0.1) is 0 Å². The first-order chi connectivity index (χ1) is 8.63. The molecule has 1 aliphatic carbocycles. The topological polar surface area (TPSA) is 40.5 Å². The van der Waals surface area contributed by atoms with Crippen molar-refractivity contribution < 1.29 is 9.90 Å². The quantitative estimate of drug-likeness (QED) is 0.821. The summed E-state index contributed by atoms with van der Waals surface area (Å²) >= 11 is 0. The molecule has 1 saturated heterocycles. The van der Waals surface area contributed by atoms with Crippen molar-refractivity contribution >= 4 is 5.78 Å². The molecular formula is C15H19NO2. The lowest BCUT2D eigenvalue weighted by Gasteiger charge is -2.45. The fourth-order valence-electron chi connectivity index (χ4n) is 3.58. The first-order valence-corrected chi connectivity index (χ1v) is 6.65. The summed E-state index contributed by atoms with van der Waals surface area (Å²) < 4.78 is 0. The average Bonchev–Trinajstić information content (AvgIpc) is 2.79. The number of benzene rings is 1. The Hall–Kier alpha value is -1.19. The van der Waals surface area contributed by atoms with Crippen LogP contribution in [0, 0.1) is 0 Å². The van der Waals surface area contributed by atoms with Gasteiger partial charge in [-0.25, -0.2) is 0 Å². The van der Waals surface area contributed by atoms with Gasteiger partial charge < -0.3 is 5.11 Å². The molecule has 18 heavy (non-hydrogen) atoms. The van der Waals surface area contributed by atoms with E-state index < -0.39 is 5.60 Å². The van der Waals surface area contributed by atoms with E-state index in [0.29, 0.717) is 12.8 Å². The van der Waals surface area contributed by atoms with Gasteiger partial charge in [-0.1, -0.05) is 30.3 Å². The highest BCUT2D eigenvalue weighted by Crippen LogP contribution is 2.44. The number of hydrogen-bond donors (Lipinski definition) is 1. The number of rotatable bonds is 1. The summed E-state index contributed by atoms with van der Waals surface area (Å²) in [5.41, 5.74) is 0.0855. The van der Waals surface area contributed by atoms with Crippen molar-refractivity contribution in [3.05, 3.63) is 35.9 Å². The summed E-state index contributed by atoms with van der Waals surface area (Å²) in [4.78, 5) is 14.4. The third-order valence-electron chi connectivity index (χ3n) is 4.62. The molecule has 1 N–H and O–H groups in total. The Balaban J connectivity index is 1.94. The second-order valence-electron chi connectivity index (χ2n) is 5.55. The van der Waals surface area contributed by atoms with E-state index in [-0.39, 0.29) is 17.9 Å². The highest BCUT2D eigenvalue weighted by Gasteiger charge is 2.54. The molecule has 0 amide bonds. The highest BCUT2D eigenvalue weighted by atomic mass is 16.3. The minimum atomic E-state index is -1.08. The molecule has 2 fully saturated rings. The van der Waals surface area contributed by atoms with Crippen LogP contribution < -0.4 is 0 Å². The van der Waals surface area contributed by atoms with Gasteiger partial charge in [-0.3, -0.25) is 9.69 Å². The molecule has 0 aromatic heterocycles. The number of Topliss-reactive ketones (excluding diaryl/α,β-unsaturated/α-hetero) is 1. The van der Waals surface area contributed by atoms with Crippen molar-refractivity contribution in [2.45, 2.75) is 43.4 Å². The van der Waals surface area contributed by atoms with Gasteiger partial charge in [0.2, 0.25) is 0 Å². The fourth-order valence-corrected chi connectivity index (χ4v) is 3.58. The maximum absolute atomic E-state index is 12.3. The lowest BCUT2D eigenvalue weighted by molar-refractivity contribution is -0.152. The van der Waals surface area contributed by atoms with E-state index in [2.05, 4.69) is 17.0 Å². The van der Waals surface area contributed by atoms with E-state index in [1.807, 2.05) is 25.2 Å². The summed E-state index contributed by atoms with van der Waals surface area (Å²) in [6.07, 6.45) is 2.91. The highest BCUT2D eigenvalue weighted by molar-refractivity contribution is 5.90. The van der Waals surface area contributed by atoms with Crippen LogP contribution in [-0.2, 0) is 4.79 Å². The van der Waals surface area contributed by atoms with Gasteiger partial charge >= 0.3 is 0 Å². The maximum Gasteiger partial charge on any atom is 0.167 e. The minimum absolute atomic E-state index is 0.0102. The van der Waals surface area contributed by atoms with E-state index in [1.165, 1.54) is 5.56 Å². The molecule has 1 aromatic carbocycles. The maximum atomic E-state index is 12.3. The first kappa shape index (κ1) is 11.9. The van der Waals surface area contributed by atoms with E-state index in [0.717, 1.165) is 12.8 Å². The molecule has 0 radical (unpaired) electrons. The smallest absolute Gasteiger partial charge is 0.167 e. The van der Waals surface area contributed by atoms with Crippen LogP contribution in [0.2, 0.25) is 0 Å². The molecule has 3 nitrogen and oxygen atoms in total. The molecule has 96 valence electrons. The molecule has 0 bridgehead atoms. The Labute approximate surface area is 107 Å². The monoisotopic (exact) mass is 245 g/mol. The van der Waals surface area contributed by atoms with E-state index in [9.17, 15) is 9.90 Å². The van der Waals surface area contributed by atoms with Crippen molar-refractivity contribution in [2.75, 3.05) is 7.05 Å². The van der Waals surface area contributed by atoms with Crippen molar-refractivity contribution in [1.82, 2.24) is 4.90 Å². The second kappa shape index (κ2) is 4.18. The number of likely N-dealkylation sites (N-methyl/N-ethyl adjacent to an activating group) is 1. The van der Waals surface area contributed by atoms with Crippen molar-refractivity contribution in [3.63, 3.8) is 0 Å². The largest absolute Gasteiger partial charge is 0.380 e. The lowest BCUT2D eigenvalue weighted by Crippen LogP contribution is -2.58. The molecule has 0 spiro atoms. The SMILES string of the molecule is CN1C(c2ccccc2)CC(=O)C2(O)CCCC12. The number of piperidine rings is 1. The minimum Gasteiger partial charge on any atom is -0.380 e. The van der Waals surface area contributed by atoms with Gasteiger partial charge in [-0.15, -0.1) is 0 Å². The summed E-state index contributed by atoms with van der Waals surface area (Å²) in [7, 11) is 2.03. The third kappa shape index (κ3) is 1.62. The van der Waals surface area contributed by atoms with Crippen molar-refractivity contribution in [3.8, 4) is 0 Å². The molecule has 1 aromatic rings. The molecule has 1 heterocycles. The molecule has 3 atom stereocenters. The summed E-state index contributed by atoms with van der Waals surface area (Å²) in [5.74, 6) is 0.0250. The van der Waals surface area contributed by atoms with Gasteiger partial charge in [0.25, 0.3) is 0 Å². The van der Waals surface area contributed by atoms with Gasteiger partial charge in [0.1, 0.15) is 5.60 Å². The van der Waals surface area contributed by atoms with Gasteiger partial charge in [0.15, 0.2) is 5.78 Å². The van der Waals surface area contributed by atoms with Gasteiger partial charge in [0, 0.05) is 18.5 Å². The second-order valence-corrected chi connectivity index (χ2v) is 5.55. The molecule has 3 unspecified atom stereocenters. The average molecular weight is 245 g/mol. The first-order valence-electron chi connectivity index (χ1n) is 6.65. The number of aliphatic hydroxyl groups is 1. The number of fused-ring (bicyclic) bond motifs is 1. The zero-order valence-corrected chi connectivity index (χ0v) is 10.7. The number of ketones is 1. The number of carbonyl (C=O) groups excluding carboxylic acids is 1. The Morgan fingerprint density at radius 2 is 2.06 bits per heavy atom. The van der Waals surface area contributed by atoms with Crippen molar-refractivity contribution in [2.24, 2.45) is 0 Å². The molecule has 3 rings (SSSR count). The van der Waals surface area contributed by atoms with Gasteiger partial charge in [-0.05, 0) is 31.9 Å². The van der Waals surface area contributed by atoms with Crippen LogP contribution in [-0.4, -0.2) is 34.5 Å². The van der Waals surface area contributed by atoms with Crippen LogP contribution in [0.15, 0.2) is 30.3 Å². The fraction of sp³-hybridized carbons (Fsp3) is 0.533. The summed E-state index contributed by atoms with van der Waals surface area (Å²) in [6, 6.07) is 10.2. The predicted molar refractivity (Wildman–Crippen MR) is 69.2 cm³/mol. The molecule has 3 heteroatoms. The Morgan fingerprint density at radius 1 is 1.33 bits per heavy atom. The van der Waals surface area contributed by atoms with Gasteiger partial charge in [-0.2, -0.15) is 0 Å². The summed E-state index contributed by atoms with van der Waals surface area (Å²) in [6.45, 7) is 0. The molecule has 1 saturated carbocycles. The number of likely N-dealkylation sites (tertiary alicyclic amines) is 1. The van der Waals surface area contributed by atoms with Crippen LogP contribution >= 0.6 is 0 Å². The third-order valence-corrected chi connectivity index (χ3v) is 4.62. The Kier molecular flexibility index (Phi) is 2.76. The number of carbonyl (C=O) groups is 1. The zero-order valence-electron chi connectivity index (χ0n) is 10.7.